The highest BCUT2D eigenvalue weighted by Crippen LogP contribution is 2.02. The molecule has 0 aromatic carbocycles. The van der Waals surface area contributed by atoms with Crippen LogP contribution < -0.4 is 0 Å². The van der Waals surface area contributed by atoms with Crippen LogP contribution in [-0.4, -0.2) is 25.0 Å². The van der Waals surface area contributed by atoms with Crippen molar-refractivity contribution in [2.45, 2.75) is 6.92 Å². The van der Waals surface area contributed by atoms with Crippen molar-refractivity contribution in [3.05, 3.63) is 24.4 Å². The van der Waals surface area contributed by atoms with Crippen LogP contribution in [0.1, 0.15) is 5.82 Å². The van der Waals surface area contributed by atoms with E-state index < -0.39 is 0 Å². The molecule has 5 heteroatoms. The number of imidazole rings is 1. The van der Waals surface area contributed by atoms with E-state index in [0.717, 1.165) is 11.6 Å². The van der Waals surface area contributed by atoms with Gasteiger partial charge in [-0.1, -0.05) is 0 Å². The number of hydrogen-bond donors (Lipinski definition) is 1. The summed E-state index contributed by atoms with van der Waals surface area (Å²) >= 11 is 0. The lowest BCUT2D eigenvalue weighted by Gasteiger charge is -1.95. The SMILES string of the molecule is Cc1nccn1-c1cn[nH]n1. The quantitative estimate of drug-likeness (QED) is 0.634. The predicted molar refractivity (Wildman–Crippen MR) is 38.2 cm³/mol. The fourth-order valence-electron chi connectivity index (χ4n) is 0.932. The van der Waals surface area contributed by atoms with Crippen LogP contribution in [0.25, 0.3) is 5.82 Å². The maximum absolute atomic E-state index is 4.05. The summed E-state index contributed by atoms with van der Waals surface area (Å²) < 4.78 is 1.85. The van der Waals surface area contributed by atoms with Gasteiger partial charge in [0.25, 0.3) is 0 Å². The van der Waals surface area contributed by atoms with Crippen molar-refractivity contribution in [1.29, 1.82) is 0 Å². The Hall–Kier alpha value is -1.65. The van der Waals surface area contributed by atoms with Crippen LogP contribution in [0.4, 0.5) is 0 Å². The molecule has 0 fully saturated rings. The molecule has 2 rings (SSSR count). The third-order valence-electron chi connectivity index (χ3n) is 1.47. The number of nitrogens with one attached hydrogen (secondary N) is 1. The molecule has 5 nitrogen and oxygen atoms in total. The molecule has 1 N–H and O–H groups in total. The monoisotopic (exact) mass is 149 g/mol. The highest BCUT2D eigenvalue weighted by molar-refractivity contribution is 5.17. The third-order valence-corrected chi connectivity index (χ3v) is 1.47. The molecular weight excluding hydrogens is 142 g/mol. The lowest BCUT2D eigenvalue weighted by atomic mass is 10.6. The molecular formula is C6H7N5. The molecule has 56 valence electrons. The Kier molecular flexibility index (Phi) is 1.21. The minimum absolute atomic E-state index is 0.764. The number of aromatic nitrogens is 5. The molecule has 0 aliphatic rings. The molecule has 0 amide bonds. The topological polar surface area (TPSA) is 59.4 Å². The Bertz CT molecular complexity index is 333. The predicted octanol–water partition coefficient (Wildman–Crippen LogP) is 0.299. The van der Waals surface area contributed by atoms with E-state index in [1.165, 1.54) is 0 Å². The van der Waals surface area contributed by atoms with E-state index >= 15 is 0 Å². The molecule has 11 heavy (non-hydrogen) atoms. The average molecular weight is 149 g/mol. The summed E-state index contributed by atoms with van der Waals surface area (Å²) in [7, 11) is 0. The summed E-state index contributed by atoms with van der Waals surface area (Å²) in [6, 6.07) is 0. The molecule has 2 aromatic heterocycles. The first kappa shape index (κ1) is 6.09. The van der Waals surface area contributed by atoms with Gasteiger partial charge in [0.2, 0.25) is 0 Å². The molecule has 0 atom stereocenters. The Morgan fingerprint density at radius 3 is 3.00 bits per heavy atom. The summed E-state index contributed by atoms with van der Waals surface area (Å²) in [5, 5.41) is 10.1. The third kappa shape index (κ3) is 0.899. The van der Waals surface area contributed by atoms with Gasteiger partial charge in [0.1, 0.15) is 5.82 Å². The second-order valence-electron chi connectivity index (χ2n) is 2.17. The Morgan fingerprint density at radius 2 is 2.45 bits per heavy atom. The van der Waals surface area contributed by atoms with Crippen molar-refractivity contribution in [1.82, 2.24) is 25.0 Å². The van der Waals surface area contributed by atoms with Gasteiger partial charge in [0, 0.05) is 12.4 Å². The second kappa shape index (κ2) is 2.19. The van der Waals surface area contributed by atoms with E-state index in [2.05, 4.69) is 20.4 Å². The number of aryl methyl sites for hydroxylation is 1. The minimum atomic E-state index is 0.764. The van der Waals surface area contributed by atoms with Crippen LogP contribution in [0.2, 0.25) is 0 Å². The molecule has 0 unspecified atom stereocenters. The van der Waals surface area contributed by atoms with E-state index in [1.807, 2.05) is 17.7 Å². The molecule has 0 bridgehead atoms. The lowest BCUT2D eigenvalue weighted by molar-refractivity contribution is 0.886. The zero-order valence-corrected chi connectivity index (χ0v) is 6.02. The first-order chi connectivity index (χ1) is 5.38. The van der Waals surface area contributed by atoms with E-state index in [4.69, 9.17) is 0 Å². The van der Waals surface area contributed by atoms with Crippen molar-refractivity contribution < 1.29 is 0 Å². The number of rotatable bonds is 1. The molecule has 0 radical (unpaired) electrons. The van der Waals surface area contributed by atoms with Gasteiger partial charge >= 0.3 is 0 Å². The second-order valence-corrected chi connectivity index (χ2v) is 2.17. The Balaban J connectivity index is 2.53. The van der Waals surface area contributed by atoms with Crippen molar-refractivity contribution in [3.63, 3.8) is 0 Å². The van der Waals surface area contributed by atoms with E-state index in [0.29, 0.717) is 0 Å². The zero-order valence-electron chi connectivity index (χ0n) is 6.02. The van der Waals surface area contributed by atoms with Crippen molar-refractivity contribution in [2.75, 3.05) is 0 Å². The first-order valence-corrected chi connectivity index (χ1v) is 3.24. The largest absolute Gasteiger partial charge is 0.285 e. The molecule has 2 aromatic rings. The van der Waals surface area contributed by atoms with Crippen LogP contribution in [0, 0.1) is 6.92 Å². The van der Waals surface area contributed by atoms with Gasteiger partial charge in [-0.05, 0) is 6.92 Å². The van der Waals surface area contributed by atoms with E-state index in [1.54, 1.807) is 12.4 Å². The molecule has 0 aliphatic carbocycles. The van der Waals surface area contributed by atoms with Crippen LogP contribution in [0.5, 0.6) is 0 Å². The fourth-order valence-corrected chi connectivity index (χ4v) is 0.932. The van der Waals surface area contributed by atoms with Gasteiger partial charge in [0.05, 0.1) is 6.20 Å². The van der Waals surface area contributed by atoms with E-state index in [-0.39, 0.29) is 0 Å². The molecule has 2 heterocycles. The highest BCUT2D eigenvalue weighted by atomic mass is 15.4. The van der Waals surface area contributed by atoms with Crippen molar-refractivity contribution in [3.8, 4) is 5.82 Å². The van der Waals surface area contributed by atoms with Crippen molar-refractivity contribution >= 4 is 0 Å². The van der Waals surface area contributed by atoms with Gasteiger partial charge in [0.15, 0.2) is 5.82 Å². The van der Waals surface area contributed by atoms with Gasteiger partial charge < -0.3 is 0 Å². The minimum Gasteiger partial charge on any atom is -0.285 e. The summed E-state index contributed by atoms with van der Waals surface area (Å²) in [5.74, 6) is 1.67. The smallest absolute Gasteiger partial charge is 0.180 e. The standard InChI is InChI=1S/C6H7N5/c1-5-7-2-3-11(5)6-4-8-10-9-6/h2-4H,1H3,(H,8,9,10). The fraction of sp³-hybridized carbons (Fsp3) is 0.167. The average Bonchev–Trinajstić information content (AvgIpc) is 2.55. The van der Waals surface area contributed by atoms with E-state index in [9.17, 15) is 0 Å². The van der Waals surface area contributed by atoms with Gasteiger partial charge in [-0.15, -0.1) is 5.10 Å². The number of nitrogens with zero attached hydrogens (tertiary/aromatic N) is 4. The van der Waals surface area contributed by atoms with Gasteiger partial charge in [-0.25, -0.2) is 4.98 Å². The van der Waals surface area contributed by atoms with Crippen LogP contribution in [0.3, 0.4) is 0 Å². The Labute approximate surface area is 63.1 Å². The summed E-state index contributed by atoms with van der Waals surface area (Å²) in [6.07, 6.45) is 5.21. The number of hydrogen-bond acceptors (Lipinski definition) is 3. The summed E-state index contributed by atoms with van der Waals surface area (Å²) in [5.41, 5.74) is 0. The van der Waals surface area contributed by atoms with Gasteiger partial charge in [-0.3, -0.25) is 4.57 Å². The molecule has 0 saturated carbocycles. The first-order valence-electron chi connectivity index (χ1n) is 3.24. The normalized spacial score (nSPS) is 10.3. The highest BCUT2D eigenvalue weighted by Gasteiger charge is 2.00. The van der Waals surface area contributed by atoms with Crippen molar-refractivity contribution in [2.24, 2.45) is 0 Å². The Morgan fingerprint density at radius 1 is 1.55 bits per heavy atom. The van der Waals surface area contributed by atoms with Crippen LogP contribution in [-0.2, 0) is 0 Å². The maximum atomic E-state index is 4.05. The zero-order chi connectivity index (χ0) is 7.68. The van der Waals surface area contributed by atoms with Gasteiger partial charge in [-0.2, -0.15) is 10.3 Å². The maximum Gasteiger partial charge on any atom is 0.180 e. The molecule has 0 aliphatic heterocycles. The number of aromatic amines is 1. The van der Waals surface area contributed by atoms with Crippen LogP contribution in [0.15, 0.2) is 18.6 Å². The molecule has 0 saturated heterocycles. The van der Waals surface area contributed by atoms with Crippen LogP contribution >= 0.6 is 0 Å². The summed E-state index contributed by atoms with van der Waals surface area (Å²) in [6.45, 7) is 1.91. The summed E-state index contributed by atoms with van der Waals surface area (Å²) in [4.78, 5) is 4.05. The number of H-pyrrole nitrogens is 1. The molecule has 0 spiro atoms. The lowest BCUT2D eigenvalue weighted by Crippen LogP contribution is -1.95.